The van der Waals surface area contributed by atoms with E-state index in [1.165, 1.54) is 18.5 Å². The molecule has 0 aliphatic rings. The number of halogens is 1. The standard InChI is InChI=1S/C14H10FN3/c1-10(11-4-2-3-5-12(11)15)8-13-14(9-16)18-7-6-17-13/h2-8H,1H3/b10-8-. The first-order valence-electron chi connectivity index (χ1n) is 5.36. The van der Waals surface area contributed by atoms with Gasteiger partial charge in [0.15, 0.2) is 5.69 Å². The van der Waals surface area contributed by atoms with Crippen LogP contribution < -0.4 is 0 Å². The third kappa shape index (κ3) is 2.41. The molecule has 0 bridgehead atoms. The third-order valence-corrected chi connectivity index (χ3v) is 2.48. The maximum Gasteiger partial charge on any atom is 0.166 e. The van der Waals surface area contributed by atoms with Gasteiger partial charge < -0.3 is 0 Å². The Morgan fingerprint density at radius 1 is 1.28 bits per heavy atom. The zero-order valence-electron chi connectivity index (χ0n) is 9.76. The number of nitriles is 1. The van der Waals surface area contributed by atoms with Gasteiger partial charge in [-0.2, -0.15) is 5.26 Å². The van der Waals surface area contributed by atoms with Gasteiger partial charge >= 0.3 is 0 Å². The van der Waals surface area contributed by atoms with Crippen molar-refractivity contribution in [2.24, 2.45) is 0 Å². The van der Waals surface area contributed by atoms with Crippen LogP contribution in [0, 0.1) is 17.1 Å². The van der Waals surface area contributed by atoms with Gasteiger partial charge in [0.25, 0.3) is 0 Å². The highest BCUT2D eigenvalue weighted by Gasteiger charge is 2.05. The Morgan fingerprint density at radius 2 is 2.00 bits per heavy atom. The Bertz CT molecular complexity index is 641. The van der Waals surface area contributed by atoms with Gasteiger partial charge in [-0.25, -0.2) is 9.37 Å². The molecule has 1 aromatic heterocycles. The van der Waals surface area contributed by atoms with Crippen molar-refractivity contribution < 1.29 is 4.39 Å². The summed E-state index contributed by atoms with van der Waals surface area (Å²) in [6, 6.07) is 8.43. The lowest BCUT2D eigenvalue weighted by Crippen LogP contribution is -1.92. The summed E-state index contributed by atoms with van der Waals surface area (Å²) in [5.74, 6) is -0.298. The maximum absolute atomic E-state index is 13.6. The predicted octanol–water partition coefficient (Wildman–Crippen LogP) is 3.05. The minimum Gasteiger partial charge on any atom is -0.252 e. The lowest BCUT2D eigenvalue weighted by Gasteiger charge is -2.03. The number of hydrogen-bond acceptors (Lipinski definition) is 3. The molecule has 4 heteroatoms. The second kappa shape index (κ2) is 5.19. The van der Waals surface area contributed by atoms with E-state index in [0.717, 1.165) is 0 Å². The smallest absolute Gasteiger partial charge is 0.166 e. The van der Waals surface area contributed by atoms with Crippen molar-refractivity contribution in [3.05, 3.63) is 59.4 Å². The van der Waals surface area contributed by atoms with Crippen molar-refractivity contribution in [3.63, 3.8) is 0 Å². The molecule has 0 radical (unpaired) electrons. The fourth-order valence-corrected chi connectivity index (χ4v) is 1.60. The van der Waals surface area contributed by atoms with E-state index < -0.39 is 0 Å². The van der Waals surface area contributed by atoms with Crippen LogP contribution in [0.25, 0.3) is 11.6 Å². The van der Waals surface area contributed by atoms with Crippen molar-refractivity contribution in [3.8, 4) is 6.07 Å². The first-order chi connectivity index (χ1) is 8.72. The van der Waals surface area contributed by atoms with E-state index >= 15 is 0 Å². The zero-order chi connectivity index (χ0) is 13.0. The van der Waals surface area contributed by atoms with Crippen LogP contribution in [0.5, 0.6) is 0 Å². The summed E-state index contributed by atoms with van der Waals surface area (Å²) in [6.07, 6.45) is 4.61. The third-order valence-electron chi connectivity index (χ3n) is 2.48. The Balaban J connectivity index is 2.46. The van der Waals surface area contributed by atoms with Crippen LogP contribution in [-0.4, -0.2) is 9.97 Å². The molecule has 2 rings (SSSR count). The summed E-state index contributed by atoms with van der Waals surface area (Å²) in [5.41, 5.74) is 1.87. The molecule has 0 fully saturated rings. The quantitative estimate of drug-likeness (QED) is 0.809. The molecule has 0 aliphatic heterocycles. The summed E-state index contributed by atoms with van der Waals surface area (Å²) >= 11 is 0. The molecule has 1 heterocycles. The summed E-state index contributed by atoms with van der Waals surface area (Å²) in [5, 5.41) is 8.90. The van der Waals surface area contributed by atoms with Crippen molar-refractivity contribution in [1.82, 2.24) is 9.97 Å². The summed E-state index contributed by atoms with van der Waals surface area (Å²) in [4.78, 5) is 7.97. The number of benzene rings is 1. The van der Waals surface area contributed by atoms with Crippen LogP contribution in [0.15, 0.2) is 36.7 Å². The average molecular weight is 239 g/mol. The lowest BCUT2D eigenvalue weighted by atomic mass is 10.1. The highest BCUT2D eigenvalue weighted by Crippen LogP contribution is 2.20. The fraction of sp³-hybridized carbons (Fsp3) is 0.0714. The average Bonchev–Trinajstić information content (AvgIpc) is 2.39. The molecule has 0 amide bonds. The van der Waals surface area contributed by atoms with Gasteiger partial charge in [-0.1, -0.05) is 18.2 Å². The Morgan fingerprint density at radius 3 is 2.72 bits per heavy atom. The first-order valence-corrected chi connectivity index (χ1v) is 5.36. The largest absolute Gasteiger partial charge is 0.252 e. The van der Waals surface area contributed by atoms with Crippen LogP contribution >= 0.6 is 0 Å². The molecule has 2 aromatic rings. The van der Waals surface area contributed by atoms with Gasteiger partial charge in [-0.3, -0.25) is 4.98 Å². The van der Waals surface area contributed by atoms with Gasteiger partial charge in [-0.05, 0) is 24.6 Å². The topological polar surface area (TPSA) is 49.6 Å². The van der Waals surface area contributed by atoms with E-state index in [0.29, 0.717) is 16.8 Å². The fourth-order valence-electron chi connectivity index (χ4n) is 1.60. The lowest BCUT2D eigenvalue weighted by molar-refractivity contribution is 0.624. The number of aromatic nitrogens is 2. The van der Waals surface area contributed by atoms with E-state index in [9.17, 15) is 4.39 Å². The molecule has 18 heavy (non-hydrogen) atoms. The Labute approximate surface area is 104 Å². The summed E-state index contributed by atoms with van der Waals surface area (Å²) in [6.45, 7) is 1.77. The van der Waals surface area contributed by atoms with Crippen LogP contribution in [0.1, 0.15) is 23.9 Å². The van der Waals surface area contributed by atoms with Crippen molar-refractivity contribution in [1.29, 1.82) is 5.26 Å². The van der Waals surface area contributed by atoms with E-state index in [4.69, 9.17) is 5.26 Å². The number of nitrogens with zero attached hydrogens (tertiary/aromatic N) is 3. The van der Waals surface area contributed by atoms with Crippen molar-refractivity contribution >= 4 is 11.6 Å². The van der Waals surface area contributed by atoms with Gasteiger partial charge in [0.1, 0.15) is 11.9 Å². The molecule has 0 spiro atoms. The molecule has 0 aliphatic carbocycles. The van der Waals surface area contributed by atoms with Crippen molar-refractivity contribution in [2.45, 2.75) is 6.92 Å². The molecular weight excluding hydrogens is 229 g/mol. The molecule has 0 saturated carbocycles. The second-order valence-electron chi connectivity index (χ2n) is 3.71. The monoisotopic (exact) mass is 239 g/mol. The Hall–Kier alpha value is -2.54. The molecule has 0 atom stereocenters. The number of rotatable bonds is 2. The molecular formula is C14H10FN3. The SMILES string of the molecule is C/C(=C/c1nccnc1C#N)c1ccccc1F. The molecule has 0 N–H and O–H groups in total. The van der Waals surface area contributed by atoms with Gasteiger partial charge in [0.2, 0.25) is 0 Å². The molecule has 1 aromatic carbocycles. The van der Waals surface area contributed by atoms with E-state index in [1.807, 2.05) is 6.07 Å². The predicted molar refractivity (Wildman–Crippen MR) is 66.7 cm³/mol. The Kier molecular flexibility index (Phi) is 3.44. The summed E-state index contributed by atoms with van der Waals surface area (Å²) < 4.78 is 13.6. The van der Waals surface area contributed by atoms with Crippen LogP contribution in [0.2, 0.25) is 0 Å². The van der Waals surface area contributed by atoms with Gasteiger partial charge in [0, 0.05) is 18.0 Å². The minimum atomic E-state index is -0.298. The van der Waals surface area contributed by atoms with Gasteiger partial charge in [-0.15, -0.1) is 0 Å². The maximum atomic E-state index is 13.6. The highest BCUT2D eigenvalue weighted by atomic mass is 19.1. The van der Waals surface area contributed by atoms with E-state index in [1.54, 1.807) is 31.2 Å². The number of hydrogen-bond donors (Lipinski definition) is 0. The van der Waals surface area contributed by atoms with Crippen LogP contribution in [0.3, 0.4) is 0 Å². The minimum absolute atomic E-state index is 0.230. The van der Waals surface area contributed by atoms with Crippen LogP contribution in [0.4, 0.5) is 4.39 Å². The second-order valence-corrected chi connectivity index (χ2v) is 3.71. The molecule has 3 nitrogen and oxygen atoms in total. The molecule has 0 saturated heterocycles. The van der Waals surface area contributed by atoms with Crippen molar-refractivity contribution in [2.75, 3.05) is 0 Å². The zero-order valence-corrected chi connectivity index (χ0v) is 9.76. The normalized spacial score (nSPS) is 11.1. The molecule has 88 valence electrons. The molecule has 0 unspecified atom stereocenters. The first kappa shape index (κ1) is 11.9. The van der Waals surface area contributed by atoms with Crippen LogP contribution in [-0.2, 0) is 0 Å². The highest BCUT2D eigenvalue weighted by molar-refractivity contribution is 5.80. The van der Waals surface area contributed by atoms with Gasteiger partial charge in [0.05, 0.1) is 5.69 Å². The van der Waals surface area contributed by atoms with E-state index in [-0.39, 0.29) is 11.5 Å². The number of allylic oxidation sites excluding steroid dienone is 1. The van der Waals surface area contributed by atoms with E-state index in [2.05, 4.69) is 9.97 Å². The summed E-state index contributed by atoms with van der Waals surface area (Å²) in [7, 11) is 0.